The van der Waals surface area contributed by atoms with E-state index in [0.717, 1.165) is 6.92 Å². The first kappa shape index (κ1) is 57.9. The Balaban J connectivity index is -0.00000000450. The molecule has 0 fully saturated rings. The maximum absolute atomic E-state index is 9.00. The van der Waals surface area contributed by atoms with Gasteiger partial charge < -0.3 is 27.0 Å². The second kappa shape index (κ2) is 40.1. The molecular formula is C2H12O6U. The van der Waals surface area contributed by atoms with Crippen LogP contribution >= 0.6 is 0 Å². The van der Waals surface area contributed by atoms with Gasteiger partial charge in [0.2, 0.25) is 0 Å². The van der Waals surface area contributed by atoms with Crippen LogP contribution in [0.5, 0.6) is 0 Å². The third kappa shape index (κ3) is 2580. The van der Waals surface area contributed by atoms with Gasteiger partial charge in [-0.05, 0) is 0 Å². The van der Waals surface area contributed by atoms with Crippen molar-refractivity contribution < 1.29 is 62.9 Å². The van der Waals surface area contributed by atoms with Crippen LogP contribution in [0.1, 0.15) is 6.92 Å². The molecule has 0 spiro atoms. The van der Waals surface area contributed by atoms with Gasteiger partial charge in [0.05, 0.1) is 0 Å². The predicted octanol–water partition coefficient (Wildman–Crippen LogP) is -3.21. The van der Waals surface area contributed by atoms with Gasteiger partial charge >= 0.3 is 0 Å². The Morgan fingerprint density at radius 2 is 1.11 bits per heavy atom. The van der Waals surface area contributed by atoms with Gasteiger partial charge in [-0.15, -0.1) is 0 Å². The topological polar surface area (TPSA) is 163 Å². The van der Waals surface area contributed by atoms with Crippen LogP contribution in [-0.4, -0.2) is 33.0 Å². The number of carboxylic acids is 1. The third-order valence-corrected chi connectivity index (χ3v) is 0. The van der Waals surface area contributed by atoms with Crippen molar-refractivity contribution >= 4 is 5.97 Å². The van der Waals surface area contributed by atoms with Gasteiger partial charge in [-0.3, -0.25) is 4.79 Å². The number of aliphatic carboxylic acids is 1. The fourth-order valence-electron chi connectivity index (χ4n) is 0. The van der Waals surface area contributed by atoms with E-state index < -0.39 is 5.97 Å². The van der Waals surface area contributed by atoms with Gasteiger partial charge in [-0.1, -0.05) is 0 Å². The van der Waals surface area contributed by atoms with Gasteiger partial charge in [0.1, 0.15) is 0 Å². The van der Waals surface area contributed by atoms with Crippen LogP contribution in [0, 0.1) is 31.1 Å². The Kier molecular flexibility index (Phi) is 258. The zero-order chi connectivity index (χ0) is 3.58. The quantitative estimate of drug-likeness (QED) is 0.475. The Morgan fingerprint density at radius 3 is 1.11 bits per heavy atom. The second-order valence-corrected chi connectivity index (χ2v) is 0.519. The van der Waals surface area contributed by atoms with Crippen LogP contribution in [0.3, 0.4) is 0 Å². The Morgan fingerprint density at radius 1 is 1.11 bits per heavy atom. The van der Waals surface area contributed by atoms with E-state index in [1.54, 1.807) is 0 Å². The summed E-state index contributed by atoms with van der Waals surface area (Å²) < 4.78 is 0. The SMILES string of the molecule is CC(=O)O.O.O.O.O.[U]. The molecule has 9 N–H and O–H groups in total. The summed E-state index contributed by atoms with van der Waals surface area (Å²) in [4.78, 5) is 9.00. The summed E-state index contributed by atoms with van der Waals surface area (Å²) in [7, 11) is 0. The van der Waals surface area contributed by atoms with Crippen molar-refractivity contribution in [3.05, 3.63) is 0 Å². The summed E-state index contributed by atoms with van der Waals surface area (Å²) >= 11 is 0. The van der Waals surface area contributed by atoms with Crippen molar-refractivity contribution in [1.29, 1.82) is 0 Å². The Labute approximate surface area is 75.9 Å². The van der Waals surface area contributed by atoms with Crippen LogP contribution in [0.15, 0.2) is 0 Å². The van der Waals surface area contributed by atoms with Crippen molar-refractivity contribution in [2.45, 2.75) is 6.92 Å². The molecule has 0 saturated heterocycles. The van der Waals surface area contributed by atoms with Gasteiger partial charge in [0.15, 0.2) is 0 Å². The van der Waals surface area contributed by atoms with Gasteiger partial charge in [-0.2, -0.15) is 0 Å². The fourth-order valence-corrected chi connectivity index (χ4v) is 0. The standard InChI is InChI=1S/C2H4O2.4H2O.U/c1-2(3)4;;;;;/h1H3,(H,3,4);4*1H2;. The molecule has 0 radical (unpaired) electrons. The molecule has 9 heavy (non-hydrogen) atoms. The minimum absolute atomic E-state index is 0. The van der Waals surface area contributed by atoms with Crippen LogP contribution in [0.25, 0.3) is 0 Å². The van der Waals surface area contributed by atoms with Crippen LogP contribution in [-0.2, 0) is 4.79 Å². The average molecular weight is 370 g/mol. The summed E-state index contributed by atoms with van der Waals surface area (Å²) in [6, 6.07) is 0. The van der Waals surface area contributed by atoms with Crippen molar-refractivity contribution in [2.75, 3.05) is 0 Å². The molecule has 0 heterocycles. The molecule has 0 rings (SSSR count). The van der Waals surface area contributed by atoms with Gasteiger partial charge in [-0.25, -0.2) is 0 Å². The minimum Gasteiger partial charge on any atom is -0.481 e. The zero-order valence-corrected chi connectivity index (χ0v) is 9.02. The first-order valence-corrected chi connectivity index (χ1v) is 0.928. The van der Waals surface area contributed by atoms with Crippen LogP contribution in [0.4, 0.5) is 0 Å². The first-order chi connectivity index (χ1) is 1.73. The normalized spacial score (nSPS) is 2.78. The van der Waals surface area contributed by atoms with E-state index in [1.165, 1.54) is 0 Å². The molecular weight excluding hydrogens is 358 g/mol. The van der Waals surface area contributed by atoms with E-state index in [0.29, 0.717) is 0 Å². The first-order valence-electron chi connectivity index (χ1n) is 0.928. The van der Waals surface area contributed by atoms with E-state index in [-0.39, 0.29) is 53.0 Å². The molecule has 0 bridgehead atoms. The zero-order valence-electron chi connectivity index (χ0n) is 4.86. The summed E-state index contributed by atoms with van der Waals surface area (Å²) in [6.07, 6.45) is 0. The van der Waals surface area contributed by atoms with E-state index in [2.05, 4.69) is 0 Å². The minimum atomic E-state index is -0.833. The molecule has 60 valence electrons. The number of carboxylic acid groups (broad SMARTS) is 1. The van der Waals surface area contributed by atoms with E-state index in [1.807, 2.05) is 0 Å². The van der Waals surface area contributed by atoms with E-state index in [9.17, 15) is 0 Å². The molecule has 6 nitrogen and oxygen atoms in total. The molecule has 0 aromatic heterocycles. The molecule has 0 aliphatic rings. The fraction of sp³-hybridized carbons (Fsp3) is 0.500. The molecule has 0 aromatic rings. The maximum Gasteiger partial charge on any atom is 0.300 e. The molecule has 0 atom stereocenters. The summed E-state index contributed by atoms with van der Waals surface area (Å²) in [6.45, 7) is 1.08. The number of carbonyl (C=O) groups is 1. The summed E-state index contributed by atoms with van der Waals surface area (Å²) in [5.41, 5.74) is 0. The molecule has 0 unspecified atom stereocenters. The Bertz CT molecular complexity index is 34.0. The molecule has 0 aliphatic carbocycles. The number of hydrogen-bond donors (Lipinski definition) is 1. The molecule has 0 aliphatic heterocycles. The summed E-state index contributed by atoms with van der Waals surface area (Å²) in [5.74, 6) is -0.833. The number of hydrogen-bond acceptors (Lipinski definition) is 1. The smallest absolute Gasteiger partial charge is 0.300 e. The maximum atomic E-state index is 9.00. The van der Waals surface area contributed by atoms with Crippen molar-refractivity contribution in [3.63, 3.8) is 0 Å². The molecule has 7 heteroatoms. The van der Waals surface area contributed by atoms with Gasteiger partial charge in [0, 0.05) is 38.0 Å². The van der Waals surface area contributed by atoms with Crippen molar-refractivity contribution in [3.8, 4) is 0 Å². The van der Waals surface area contributed by atoms with Crippen LogP contribution < -0.4 is 0 Å². The van der Waals surface area contributed by atoms with Gasteiger partial charge in [0.25, 0.3) is 5.97 Å². The second-order valence-electron chi connectivity index (χ2n) is 0.519. The van der Waals surface area contributed by atoms with Crippen molar-refractivity contribution in [2.24, 2.45) is 0 Å². The predicted molar refractivity (Wildman–Crippen MR) is 27.8 cm³/mol. The third-order valence-electron chi connectivity index (χ3n) is 0. The molecule has 0 saturated carbocycles. The molecule has 0 amide bonds. The van der Waals surface area contributed by atoms with Crippen molar-refractivity contribution in [1.82, 2.24) is 0 Å². The monoisotopic (exact) mass is 370 g/mol. The Hall–Kier alpha value is 0.362. The number of rotatable bonds is 0. The van der Waals surface area contributed by atoms with E-state index >= 15 is 0 Å². The molecule has 0 aromatic carbocycles. The average Bonchev–Trinajstić information content (AvgIpc) is 0.811. The largest absolute Gasteiger partial charge is 0.481 e. The summed E-state index contributed by atoms with van der Waals surface area (Å²) in [5, 5.41) is 7.42. The van der Waals surface area contributed by atoms with E-state index in [4.69, 9.17) is 9.90 Å². The van der Waals surface area contributed by atoms with Crippen LogP contribution in [0.2, 0.25) is 0 Å².